The van der Waals surface area contributed by atoms with Crippen LogP contribution >= 0.6 is 23.4 Å². The summed E-state index contributed by atoms with van der Waals surface area (Å²) in [7, 11) is 0. The first-order valence-corrected chi connectivity index (χ1v) is 12.1. The minimum absolute atomic E-state index is 0.215. The SMILES string of the molecule is CSCCC(NC(=O)c1ccccc1Cl)C(=O)Nc1cccc(COc2cccc(F)c2)c1. The van der Waals surface area contributed by atoms with E-state index in [4.69, 9.17) is 16.3 Å². The van der Waals surface area contributed by atoms with Gasteiger partial charge in [0.05, 0.1) is 10.6 Å². The molecule has 2 amide bonds. The molecule has 8 heteroatoms. The molecule has 0 aliphatic heterocycles. The van der Waals surface area contributed by atoms with Gasteiger partial charge in [0.15, 0.2) is 0 Å². The van der Waals surface area contributed by atoms with Crippen LogP contribution in [0.15, 0.2) is 72.8 Å². The predicted octanol–water partition coefficient (Wildman–Crippen LogP) is 5.55. The Labute approximate surface area is 201 Å². The molecule has 0 saturated heterocycles. The molecule has 0 bridgehead atoms. The third-order valence-electron chi connectivity index (χ3n) is 4.75. The molecule has 3 rings (SSSR count). The van der Waals surface area contributed by atoms with Crippen molar-refractivity contribution in [3.8, 4) is 5.75 Å². The highest BCUT2D eigenvalue weighted by molar-refractivity contribution is 7.98. The van der Waals surface area contributed by atoms with Gasteiger partial charge in [-0.25, -0.2) is 4.39 Å². The third kappa shape index (κ3) is 7.51. The van der Waals surface area contributed by atoms with Crippen LogP contribution in [-0.4, -0.2) is 29.9 Å². The fourth-order valence-corrected chi connectivity index (χ4v) is 3.77. The molecule has 5 nitrogen and oxygen atoms in total. The van der Waals surface area contributed by atoms with Crippen molar-refractivity contribution in [3.63, 3.8) is 0 Å². The number of hydrogen-bond donors (Lipinski definition) is 2. The Hall–Kier alpha value is -3.03. The summed E-state index contributed by atoms with van der Waals surface area (Å²) in [5.41, 5.74) is 1.69. The van der Waals surface area contributed by atoms with Crippen molar-refractivity contribution in [2.24, 2.45) is 0 Å². The van der Waals surface area contributed by atoms with Crippen molar-refractivity contribution in [1.29, 1.82) is 0 Å². The number of halogens is 2. The molecule has 2 N–H and O–H groups in total. The van der Waals surface area contributed by atoms with Gasteiger partial charge in [-0.1, -0.05) is 41.9 Å². The molecule has 0 aliphatic rings. The second-order valence-corrected chi connectivity index (χ2v) is 8.62. The Balaban J connectivity index is 1.65. The number of carbonyl (C=O) groups excluding carboxylic acids is 2. The summed E-state index contributed by atoms with van der Waals surface area (Å²) in [5, 5.41) is 5.97. The quantitative estimate of drug-likeness (QED) is 0.394. The number of thioether (sulfide) groups is 1. The first-order valence-electron chi connectivity index (χ1n) is 10.3. The maximum atomic E-state index is 13.3. The summed E-state index contributed by atoms with van der Waals surface area (Å²) in [4.78, 5) is 25.6. The molecular weight excluding hydrogens is 463 g/mol. The number of amides is 2. The van der Waals surface area contributed by atoms with Crippen LogP contribution < -0.4 is 15.4 Å². The smallest absolute Gasteiger partial charge is 0.253 e. The van der Waals surface area contributed by atoms with Gasteiger partial charge in [-0.2, -0.15) is 11.8 Å². The fourth-order valence-electron chi connectivity index (χ4n) is 3.08. The predicted molar refractivity (Wildman–Crippen MR) is 132 cm³/mol. The number of benzene rings is 3. The Morgan fingerprint density at radius 3 is 2.61 bits per heavy atom. The van der Waals surface area contributed by atoms with Gasteiger partial charge in [0, 0.05) is 11.8 Å². The Morgan fingerprint density at radius 2 is 1.85 bits per heavy atom. The van der Waals surface area contributed by atoms with Gasteiger partial charge in [0.2, 0.25) is 5.91 Å². The third-order valence-corrected chi connectivity index (χ3v) is 5.72. The van der Waals surface area contributed by atoms with E-state index in [9.17, 15) is 14.0 Å². The molecule has 0 heterocycles. The first kappa shape index (κ1) is 24.6. The topological polar surface area (TPSA) is 67.4 Å². The van der Waals surface area contributed by atoms with E-state index < -0.39 is 11.9 Å². The fraction of sp³-hybridized carbons (Fsp3) is 0.200. The zero-order valence-electron chi connectivity index (χ0n) is 18.0. The number of rotatable bonds is 10. The average molecular weight is 487 g/mol. The Morgan fingerprint density at radius 1 is 1.06 bits per heavy atom. The average Bonchev–Trinajstić information content (AvgIpc) is 2.81. The first-order chi connectivity index (χ1) is 16.0. The van der Waals surface area contributed by atoms with E-state index in [1.807, 2.05) is 12.3 Å². The lowest BCUT2D eigenvalue weighted by atomic mass is 10.1. The van der Waals surface area contributed by atoms with Crippen LogP contribution in [-0.2, 0) is 11.4 Å². The summed E-state index contributed by atoms with van der Waals surface area (Å²) in [6, 6.07) is 19.0. The second kappa shape index (κ2) is 12.3. The molecule has 0 aliphatic carbocycles. The number of hydrogen-bond acceptors (Lipinski definition) is 4. The van der Waals surface area contributed by atoms with Crippen molar-refractivity contribution in [1.82, 2.24) is 5.32 Å². The van der Waals surface area contributed by atoms with E-state index in [1.165, 1.54) is 12.1 Å². The number of ether oxygens (including phenoxy) is 1. The van der Waals surface area contributed by atoms with Gasteiger partial charge < -0.3 is 15.4 Å². The maximum absolute atomic E-state index is 13.3. The number of anilines is 1. The standard InChI is InChI=1S/C25H24ClFN2O3S/c1-33-13-12-23(29-24(30)21-10-2-3-11-22(21)26)25(31)28-19-8-4-6-17(14-19)16-32-20-9-5-7-18(27)15-20/h2-11,14-15,23H,12-13,16H2,1H3,(H,28,31)(H,29,30). The summed E-state index contributed by atoms with van der Waals surface area (Å²) in [6.07, 6.45) is 2.40. The minimum Gasteiger partial charge on any atom is -0.489 e. The summed E-state index contributed by atoms with van der Waals surface area (Å²) >= 11 is 7.71. The van der Waals surface area contributed by atoms with Crippen LogP contribution in [0.2, 0.25) is 5.02 Å². The van der Waals surface area contributed by atoms with Gasteiger partial charge in [-0.05, 0) is 60.4 Å². The highest BCUT2D eigenvalue weighted by Gasteiger charge is 2.22. The summed E-state index contributed by atoms with van der Waals surface area (Å²) in [6.45, 7) is 0.215. The number of carbonyl (C=O) groups is 2. The van der Waals surface area contributed by atoms with Crippen LogP contribution in [0.25, 0.3) is 0 Å². The highest BCUT2D eigenvalue weighted by atomic mass is 35.5. The lowest BCUT2D eigenvalue weighted by molar-refractivity contribution is -0.118. The largest absolute Gasteiger partial charge is 0.489 e. The zero-order chi connectivity index (χ0) is 23.6. The van der Waals surface area contributed by atoms with Crippen molar-refractivity contribution in [2.75, 3.05) is 17.3 Å². The molecule has 0 saturated carbocycles. The molecule has 0 radical (unpaired) electrons. The van der Waals surface area contributed by atoms with Gasteiger partial charge in [0.1, 0.15) is 24.2 Å². The monoisotopic (exact) mass is 486 g/mol. The normalized spacial score (nSPS) is 11.5. The van der Waals surface area contributed by atoms with E-state index in [-0.39, 0.29) is 18.3 Å². The molecular formula is C25H24ClFN2O3S. The lowest BCUT2D eigenvalue weighted by Gasteiger charge is -2.19. The van der Waals surface area contributed by atoms with Crippen LogP contribution in [0, 0.1) is 5.82 Å². The van der Waals surface area contributed by atoms with E-state index in [0.29, 0.717) is 34.2 Å². The molecule has 3 aromatic carbocycles. The van der Waals surface area contributed by atoms with Gasteiger partial charge in [0.25, 0.3) is 5.91 Å². The summed E-state index contributed by atoms with van der Waals surface area (Å²) in [5.74, 6) is 0.0156. The zero-order valence-corrected chi connectivity index (χ0v) is 19.6. The van der Waals surface area contributed by atoms with Crippen LogP contribution in [0.3, 0.4) is 0 Å². The van der Waals surface area contributed by atoms with Crippen molar-refractivity contribution in [3.05, 3.63) is 94.8 Å². The van der Waals surface area contributed by atoms with Gasteiger partial charge >= 0.3 is 0 Å². The van der Waals surface area contributed by atoms with Crippen molar-refractivity contribution < 1.29 is 18.7 Å². The second-order valence-electron chi connectivity index (χ2n) is 7.22. The van der Waals surface area contributed by atoms with E-state index in [2.05, 4.69) is 10.6 Å². The van der Waals surface area contributed by atoms with Gasteiger partial charge in [-0.3, -0.25) is 9.59 Å². The molecule has 0 aromatic heterocycles. The summed E-state index contributed by atoms with van der Waals surface area (Å²) < 4.78 is 18.9. The van der Waals surface area contributed by atoms with Crippen LogP contribution in [0.4, 0.5) is 10.1 Å². The van der Waals surface area contributed by atoms with Crippen LogP contribution in [0.1, 0.15) is 22.3 Å². The molecule has 0 fully saturated rings. The molecule has 3 aromatic rings. The number of nitrogens with one attached hydrogen (secondary N) is 2. The lowest BCUT2D eigenvalue weighted by Crippen LogP contribution is -2.44. The molecule has 1 unspecified atom stereocenters. The van der Waals surface area contributed by atoms with Crippen molar-refractivity contribution >= 4 is 40.9 Å². The molecule has 0 spiro atoms. The van der Waals surface area contributed by atoms with E-state index in [0.717, 1.165) is 5.56 Å². The Kier molecular flexibility index (Phi) is 9.15. The van der Waals surface area contributed by atoms with Crippen molar-refractivity contribution in [2.45, 2.75) is 19.1 Å². The van der Waals surface area contributed by atoms with E-state index >= 15 is 0 Å². The van der Waals surface area contributed by atoms with E-state index in [1.54, 1.807) is 66.4 Å². The molecule has 172 valence electrons. The van der Waals surface area contributed by atoms with Gasteiger partial charge in [-0.15, -0.1) is 0 Å². The Bertz CT molecular complexity index is 1110. The maximum Gasteiger partial charge on any atom is 0.253 e. The molecule has 33 heavy (non-hydrogen) atoms. The molecule has 1 atom stereocenters. The van der Waals surface area contributed by atoms with Crippen LogP contribution in [0.5, 0.6) is 5.75 Å². The minimum atomic E-state index is -0.728. The highest BCUT2D eigenvalue weighted by Crippen LogP contribution is 2.18.